The second-order valence-electron chi connectivity index (χ2n) is 14.2. The topological polar surface area (TPSA) is 107 Å². The van der Waals surface area contributed by atoms with E-state index in [0.29, 0.717) is 53.4 Å². The van der Waals surface area contributed by atoms with Gasteiger partial charge in [0.25, 0.3) is 17.7 Å². The zero-order valence-electron chi connectivity index (χ0n) is 31.2. The first-order valence-corrected chi connectivity index (χ1v) is 18.8. The van der Waals surface area contributed by atoms with Gasteiger partial charge in [-0.25, -0.2) is 0 Å². The van der Waals surface area contributed by atoms with Gasteiger partial charge in [0.2, 0.25) is 0 Å². The number of carbonyl (C=O) groups is 3. The minimum Gasteiger partial charge on any atom is -0.379 e. The lowest BCUT2D eigenvalue weighted by molar-refractivity contribution is -0.137. The van der Waals surface area contributed by atoms with E-state index in [4.69, 9.17) is 4.74 Å². The molecular formula is C42H47F3N6O4. The van der Waals surface area contributed by atoms with Crippen LogP contribution in [0.15, 0.2) is 85.1 Å². The van der Waals surface area contributed by atoms with Crippen LogP contribution in [-0.2, 0) is 17.5 Å². The Morgan fingerprint density at radius 3 is 2.31 bits per heavy atom. The van der Waals surface area contributed by atoms with Crippen LogP contribution in [0.2, 0.25) is 0 Å². The number of hydrogen-bond donors (Lipinski definition) is 2. The van der Waals surface area contributed by atoms with Crippen molar-refractivity contribution in [1.29, 1.82) is 0 Å². The second kappa shape index (κ2) is 17.9. The molecule has 0 atom stereocenters. The number of anilines is 2. The lowest BCUT2D eigenvalue weighted by Crippen LogP contribution is -2.45. The molecule has 6 rings (SSSR count). The molecule has 4 aromatic rings. The Bertz CT molecular complexity index is 1970. The molecule has 13 heteroatoms. The minimum absolute atomic E-state index is 0.0436. The van der Waals surface area contributed by atoms with E-state index in [9.17, 15) is 27.6 Å². The van der Waals surface area contributed by atoms with Crippen LogP contribution >= 0.6 is 0 Å². The summed E-state index contributed by atoms with van der Waals surface area (Å²) in [5, 5.41) is 5.73. The summed E-state index contributed by atoms with van der Waals surface area (Å²) in [4.78, 5) is 51.8. The number of piperidine rings is 1. The van der Waals surface area contributed by atoms with E-state index in [2.05, 4.69) is 25.4 Å². The maximum absolute atomic E-state index is 13.9. The molecule has 0 radical (unpaired) electrons. The number of hydrogen-bond acceptors (Lipinski definition) is 7. The van der Waals surface area contributed by atoms with E-state index in [0.717, 1.165) is 69.8 Å². The van der Waals surface area contributed by atoms with Gasteiger partial charge in [0.15, 0.2) is 0 Å². The number of rotatable bonds is 12. The third-order valence-corrected chi connectivity index (χ3v) is 9.99. The monoisotopic (exact) mass is 756 g/mol. The van der Waals surface area contributed by atoms with Crippen LogP contribution in [0, 0.1) is 0 Å². The van der Waals surface area contributed by atoms with Crippen molar-refractivity contribution in [2.24, 2.45) is 0 Å². The first-order valence-electron chi connectivity index (χ1n) is 18.8. The molecule has 3 aromatic carbocycles. The van der Waals surface area contributed by atoms with Crippen LogP contribution in [0.1, 0.15) is 75.3 Å². The molecule has 2 aliphatic rings. The van der Waals surface area contributed by atoms with Crippen LogP contribution in [0.4, 0.5) is 24.5 Å². The highest BCUT2D eigenvalue weighted by Gasteiger charge is 2.30. The van der Waals surface area contributed by atoms with Gasteiger partial charge in [-0.2, -0.15) is 13.2 Å². The van der Waals surface area contributed by atoms with Crippen molar-refractivity contribution in [3.8, 4) is 11.3 Å². The molecule has 0 unspecified atom stereocenters. The van der Waals surface area contributed by atoms with E-state index in [1.54, 1.807) is 30.3 Å². The van der Waals surface area contributed by atoms with E-state index in [-0.39, 0.29) is 24.1 Å². The molecule has 2 aliphatic heterocycles. The largest absolute Gasteiger partial charge is 0.416 e. The molecule has 0 saturated carbocycles. The molecule has 0 bridgehead atoms. The van der Waals surface area contributed by atoms with Gasteiger partial charge in [-0.3, -0.25) is 24.3 Å². The number of carbonyl (C=O) groups excluding carboxylic acids is 3. The summed E-state index contributed by atoms with van der Waals surface area (Å²) in [7, 11) is 0. The fourth-order valence-electron chi connectivity index (χ4n) is 6.89. The Hall–Kier alpha value is -5.27. The smallest absolute Gasteiger partial charge is 0.379 e. The zero-order valence-corrected chi connectivity index (χ0v) is 31.2. The highest BCUT2D eigenvalue weighted by molar-refractivity contribution is 6.08. The molecular weight excluding hydrogens is 709 g/mol. The van der Waals surface area contributed by atoms with E-state index < -0.39 is 23.6 Å². The Kier molecular flexibility index (Phi) is 12.8. The molecule has 1 aromatic heterocycles. The van der Waals surface area contributed by atoms with E-state index in [1.165, 1.54) is 24.4 Å². The number of nitrogens with one attached hydrogen (secondary N) is 2. The number of morpholine rings is 1. The van der Waals surface area contributed by atoms with Gasteiger partial charge in [-0.1, -0.05) is 18.2 Å². The van der Waals surface area contributed by atoms with Gasteiger partial charge in [-0.15, -0.1) is 0 Å². The third kappa shape index (κ3) is 10.3. The highest BCUT2D eigenvalue weighted by Crippen LogP contribution is 2.34. The number of amides is 3. The van der Waals surface area contributed by atoms with Gasteiger partial charge >= 0.3 is 6.18 Å². The van der Waals surface area contributed by atoms with Crippen molar-refractivity contribution in [1.82, 2.24) is 20.1 Å². The van der Waals surface area contributed by atoms with Crippen LogP contribution < -0.4 is 15.5 Å². The Morgan fingerprint density at radius 2 is 1.56 bits per heavy atom. The number of pyridine rings is 1. The van der Waals surface area contributed by atoms with Crippen molar-refractivity contribution >= 4 is 29.1 Å². The predicted molar refractivity (Wildman–Crippen MR) is 206 cm³/mol. The average Bonchev–Trinajstić information content (AvgIpc) is 3.20. The summed E-state index contributed by atoms with van der Waals surface area (Å²) in [5.41, 5.74) is 2.93. The van der Waals surface area contributed by atoms with Crippen molar-refractivity contribution in [3.05, 3.63) is 113 Å². The average molecular weight is 757 g/mol. The van der Waals surface area contributed by atoms with Gasteiger partial charge < -0.3 is 25.2 Å². The lowest BCUT2D eigenvalue weighted by Gasteiger charge is -2.32. The molecule has 2 saturated heterocycles. The molecule has 2 N–H and O–H groups in total. The first kappa shape index (κ1) is 39.4. The summed E-state index contributed by atoms with van der Waals surface area (Å²) in [6.07, 6.45) is 0.270. The Balaban J connectivity index is 1.22. The standard InChI is InChI=1S/C42H47F3N6O4/c1-29(2)51(19-18-49-20-22-55-23-21-49)41(54)33-10-7-9-31(25-33)40(53)48-37-13-12-35(50-16-4-3-5-17-50)27-36(37)38-26-32(14-15-46-38)39(52)47-28-30-8-6-11-34(24-30)42(43,44)45/h6-15,24-27,29H,3-5,16-23,28H2,1-2H3,(H,47,52)(H,48,53). The molecule has 290 valence electrons. The van der Waals surface area contributed by atoms with Gasteiger partial charge in [0.05, 0.1) is 30.2 Å². The molecule has 0 aliphatic carbocycles. The summed E-state index contributed by atoms with van der Waals surface area (Å²) < 4.78 is 45.2. The van der Waals surface area contributed by atoms with Crippen LogP contribution in [0.3, 0.4) is 0 Å². The highest BCUT2D eigenvalue weighted by atomic mass is 19.4. The zero-order chi connectivity index (χ0) is 39.0. The lowest BCUT2D eigenvalue weighted by atomic mass is 10.0. The fraction of sp³-hybridized carbons (Fsp3) is 0.381. The van der Waals surface area contributed by atoms with Crippen LogP contribution in [0.5, 0.6) is 0 Å². The maximum Gasteiger partial charge on any atom is 0.416 e. The second-order valence-corrected chi connectivity index (χ2v) is 14.2. The number of nitrogens with zero attached hydrogens (tertiary/aromatic N) is 4. The van der Waals surface area contributed by atoms with Gasteiger partial charge in [0.1, 0.15) is 0 Å². The minimum atomic E-state index is -4.49. The molecule has 10 nitrogen and oxygen atoms in total. The Labute approximate surface area is 319 Å². The molecule has 3 heterocycles. The molecule has 55 heavy (non-hydrogen) atoms. The molecule has 0 spiro atoms. The SMILES string of the molecule is CC(C)N(CCN1CCOCC1)C(=O)c1cccc(C(=O)Nc2ccc(N3CCCCC3)cc2-c2cc(C(=O)NCc3cccc(C(F)(F)F)c3)ccn2)c1. The summed E-state index contributed by atoms with van der Waals surface area (Å²) >= 11 is 0. The van der Waals surface area contributed by atoms with Crippen molar-refractivity contribution in [2.75, 3.05) is 62.7 Å². The number of aromatic nitrogens is 1. The molecule has 3 amide bonds. The van der Waals surface area contributed by atoms with Crippen molar-refractivity contribution in [2.45, 2.75) is 51.9 Å². The summed E-state index contributed by atoms with van der Waals surface area (Å²) in [6.45, 7) is 9.92. The van der Waals surface area contributed by atoms with Gasteiger partial charge in [0, 0.05) is 86.0 Å². The predicted octanol–water partition coefficient (Wildman–Crippen LogP) is 7.12. The summed E-state index contributed by atoms with van der Waals surface area (Å²) in [5.74, 6) is -1.06. The van der Waals surface area contributed by atoms with Crippen LogP contribution in [-0.4, -0.2) is 91.0 Å². The van der Waals surface area contributed by atoms with Crippen LogP contribution in [0.25, 0.3) is 11.3 Å². The Morgan fingerprint density at radius 1 is 0.836 bits per heavy atom. The fourth-order valence-corrected chi connectivity index (χ4v) is 6.89. The van der Waals surface area contributed by atoms with Crippen molar-refractivity contribution in [3.63, 3.8) is 0 Å². The van der Waals surface area contributed by atoms with E-state index >= 15 is 0 Å². The van der Waals surface area contributed by atoms with E-state index in [1.807, 2.05) is 36.9 Å². The summed E-state index contributed by atoms with van der Waals surface area (Å²) in [6, 6.07) is 20.3. The number of ether oxygens (including phenoxy) is 1. The number of alkyl halides is 3. The van der Waals surface area contributed by atoms with Crippen molar-refractivity contribution < 1.29 is 32.3 Å². The number of halogens is 3. The first-order chi connectivity index (χ1) is 26.5. The normalized spacial score (nSPS) is 15.1. The number of benzene rings is 3. The molecule has 2 fully saturated rings. The quantitative estimate of drug-likeness (QED) is 0.159. The van der Waals surface area contributed by atoms with Gasteiger partial charge in [-0.05, 0) is 99.3 Å². The third-order valence-electron chi connectivity index (χ3n) is 9.99. The maximum atomic E-state index is 13.9.